The number of anilines is 1. The molecule has 160 valence electrons. The second-order valence-electron chi connectivity index (χ2n) is 6.95. The molecule has 0 radical (unpaired) electrons. The molecule has 0 saturated carbocycles. The largest absolute Gasteiger partial charge is 0.452 e. The highest BCUT2D eigenvalue weighted by atomic mass is 16.5. The van der Waals surface area contributed by atoms with Gasteiger partial charge in [0.15, 0.2) is 6.61 Å². The minimum absolute atomic E-state index is 0.0310. The molecule has 0 aliphatic carbocycles. The third-order valence-electron chi connectivity index (χ3n) is 4.74. The molecule has 1 aromatic carbocycles. The van der Waals surface area contributed by atoms with E-state index < -0.39 is 18.5 Å². The maximum absolute atomic E-state index is 12.5. The van der Waals surface area contributed by atoms with Crippen molar-refractivity contribution >= 4 is 17.6 Å². The maximum Gasteiger partial charge on any atom is 0.343 e. The first-order valence-electron chi connectivity index (χ1n) is 9.88. The van der Waals surface area contributed by atoms with Crippen LogP contribution in [0.1, 0.15) is 28.1 Å². The van der Waals surface area contributed by atoms with E-state index in [1.807, 2.05) is 43.4 Å². The van der Waals surface area contributed by atoms with E-state index in [4.69, 9.17) is 9.15 Å². The van der Waals surface area contributed by atoms with Crippen LogP contribution in [-0.4, -0.2) is 43.2 Å². The summed E-state index contributed by atoms with van der Waals surface area (Å²) in [5, 5.41) is 12.2. The normalized spacial score (nSPS) is 10.4. The summed E-state index contributed by atoms with van der Waals surface area (Å²) >= 11 is 0. The molecule has 8 nitrogen and oxygen atoms in total. The zero-order chi connectivity index (χ0) is 22.2. The van der Waals surface area contributed by atoms with Crippen molar-refractivity contribution in [2.45, 2.75) is 13.3 Å². The number of nitrogens with one attached hydrogen (secondary N) is 1. The van der Waals surface area contributed by atoms with Crippen molar-refractivity contribution in [3.05, 3.63) is 71.7 Å². The van der Waals surface area contributed by atoms with E-state index in [0.29, 0.717) is 6.54 Å². The molecule has 2 heterocycles. The highest BCUT2D eigenvalue weighted by Gasteiger charge is 2.26. The third-order valence-corrected chi connectivity index (χ3v) is 4.74. The van der Waals surface area contributed by atoms with Gasteiger partial charge in [-0.05, 0) is 37.6 Å². The lowest BCUT2D eigenvalue weighted by molar-refractivity contribution is -0.124. The van der Waals surface area contributed by atoms with Crippen LogP contribution < -0.4 is 10.2 Å². The van der Waals surface area contributed by atoms with Gasteiger partial charge < -0.3 is 19.4 Å². The Morgan fingerprint density at radius 3 is 2.58 bits per heavy atom. The number of furan rings is 1. The third kappa shape index (κ3) is 5.34. The number of amides is 1. The number of ether oxygens (including phenoxy) is 1. The Morgan fingerprint density at radius 2 is 1.90 bits per heavy atom. The Hall–Kier alpha value is -3.99. The minimum atomic E-state index is -0.768. The number of hydrogen-bond donors (Lipinski definition) is 1. The molecule has 3 rings (SSSR count). The molecule has 0 aliphatic rings. The fourth-order valence-corrected chi connectivity index (χ4v) is 3.14. The van der Waals surface area contributed by atoms with E-state index in [1.54, 1.807) is 36.0 Å². The summed E-state index contributed by atoms with van der Waals surface area (Å²) in [5.74, 6) is -0.672. The molecular formula is C23H24N4O4. The van der Waals surface area contributed by atoms with Gasteiger partial charge in [0, 0.05) is 38.2 Å². The summed E-state index contributed by atoms with van der Waals surface area (Å²) in [7, 11) is 1.99. The number of rotatable bonds is 9. The van der Waals surface area contributed by atoms with Gasteiger partial charge in [0.1, 0.15) is 23.0 Å². The molecule has 1 N–H and O–H groups in total. The van der Waals surface area contributed by atoms with Crippen LogP contribution in [0, 0.1) is 18.3 Å². The van der Waals surface area contributed by atoms with E-state index in [0.717, 1.165) is 18.7 Å². The summed E-state index contributed by atoms with van der Waals surface area (Å²) in [4.78, 5) is 26.6. The number of para-hydroxylation sites is 1. The first kappa shape index (κ1) is 21.7. The molecule has 0 bridgehead atoms. The highest BCUT2D eigenvalue weighted by Crippen LogP contribution is 2.26. The Kier molecular flexibility index (Phi) is 7.12. The molecule has 0 saturated heterocycles. The van der Waals surface area contributed by atoms with Crippen molar-refractivity contribution in [2.24, 2.45) is 0 Å². The van der Waals surface area contributed by atoms with Crippen LogP contribution in [-0.2, 0) is 9.53 Å². The van der Waals surface area contributed by atoms with Crippen molar-refractivity contribution in [1.29, 1.82) is 5.26 Å². The monoisotopic (exact) mass is 420 g/mol. The van der Waals surface area contributed by atoms with Gasteiger partial charge >= 0.3 is 5.97 Å². The van der Waals surface area contributed by atoms with Crippen LogP contribution in [0.4, 0.5) is 5.69 Å². The highest BCUT2D eigenvalue weighted by molar-refractivity contribution is 5.95. The van der Waals surface area contributed by atoms with Crippen LogP contribution in [0.2, 0.25) is 0 Å². The molecule has 0 unspecified atom stereocenters. The van der Waals surface area contributed by atoms with Gasteiger partial charge in [-0.2, -0.15) is 5.26 Å². The molecular weight excluding hydrogens is 396 g/mol. The van der Waals surface area contributed by atoms with E-state index in [-0.39, 0.29) is 22.8 Å². The van der Waals surface area contributed by atoms with Crippen molar-refractivity contribution in [2.75, 3.05) is 31.6 Å². The summed E-state index contributed by atoms with van der Waals surface area (Å²) < 4.78 is 12.3. The van der Waals surface area contributed by atoms with Gasteiger partial charge in [0.25, 0.3) is 5.91 Å². The zero-order valence-corrected chi connectivity index (χ0v) is 17.5. The Bertz CT molecular complexity index is 1070. The number of aromatic nitrogens is 1. The van der Waals surface area contributed by atoms with Gasteiger partial charge in [-0.1, -0.05) is 18.2 Å². The van der Waals surface area contributed by atoms with E-state index in [9.17, 15) is 14.9 Å². The second kappa shape index (κ2) is 10.2. The van der Waals surface area contributed by atoms with Crippen molar-refractivity contribution in [3.8, 4) is 12.0 Å². The Balaban J connectivity index is 1.47. The van der Waals surface area contributed by atoms with Gasteiger partial charge in [0.2, 0.25) is 5.88 Å². The van der Waals surface area contributed by atoms with Crippen molar-refractivity contribution in [3.63, 3.8) is 0 Å². The Morgan fingerprint density at radius 1 is 1.19 bits per heavy atom. The minimum Gasteiger partial charge on any atom is -0.452 e. The fraction of sp³-hybridized carbons (Fsp3) is 0.261. The number of benzene rings is 1. The number of carbonyl (C=O) groups is 2. The maximum atomic E-state index is 12.5. The van der Waals surface area contributed by atoms with Crippen molar-refractivity contribution in [1.82, 2.24) is 9.88 Å². The SMILES string of the molecule is Cc1oc(-n2cccc2)c(C#N)c1C(=O)OCC(=O)NCCCN(C)c1ccccc1. The molecule has 8 heteroatoms. The van der Waals surface area contributed by atoms with Gasteiger partial charge in [-0.25, -0.2) is 4.79 Å². The average Bonchev–Trinajstić information content (AvgIpc) is 3.43. The molecule has 0 aliphatic heterocycles. The molecule has 0 fully saturated rings. The van der Waals surface area contributed by atoms with Crippen LogP contribution >= 0.6 is 0 Å². The molecule has 2 aromatic heterocycles. The molecule has 31 heavy (non-hydrogen) atoms. The second-order valence-corrected chi connectivity index (χ2v) is 6.95. The number of esters is 1. The standard InChI is InChI=1S/C23H24N4O4/c1-17-21(19(15-24)22(31-17)27-13-6-7-14-27)23(29)30-16-20(28)25-11-8-12-26(2)18-9-4-3-5-10-18/h3-7,9-10,13-14H,8,11-12,16H2,1-2H3,(H,25,28). The zero-order valence-electron chi connectivity index (χ0n) is 17.5. The predicted octanol–water partition coefficient (Wildman–Crippen LogP) is 3.05. The summed E-state index contributed by atoms with van der Waals surface area (Å²) in [6.45, 7) is 2.38. The topological polar surface area (TPSA) is 100 Å². The lowest BCUT2D eigenvalue weighted by atomic mass is 10.1. The smallest absolute Gasteiger partial charge is 0.343 e. The molecule has 1 amide bonds. The molecule has 0 atom stereocenters. The van der Waals surface area contributed by atoms with Crippen LogP contribution in [0.15, 0.2) is 59.3 Å². The summed E-state index contributed by atoms with van der Waals surface area (Å²) in [6, 6.07) is 15.5. The van der Waals surface area contributed by atoms with Crippen LogP contribution in [0.25, 0.3) is 5.88 Å². The molecule has 3 aromatic rings. The summed E-state index contributed by atoms with van der Waals surface area (Å²) in [6.07, 6.45) is 4.15. The van der Waals surface area contributed by atoms with E-state index in [1.165, 1.54) is 0 Å². The quantitative estimate of drug-likeness (QED) is 0.422. The fourth-order valence-electron chi connectivity index (χ4n) is 3.14. The lowest BCUT2D eigenvalue weighted by Crippen LogP contribution is -2.31. The number of aryl methyl sites for hydroxylation is 1. The van der Waals surface area contributed by atoms with Crippen LogP contribution in [0.3, 0.4) is 0 Å². The van der Waals surface area contributed by atoms with Gasteiger partial charge in [-0.15, -0.1) is 0 Å². The predicted molar refractivity (Wildman–Crippen MR) is 115 cm³/mol. The molecule has 0 spiro atoms. The average molecular weight is 420 g/mol. The van der Waals surface area contributed by atoms with Gasteiger partial charge in [-0.3, -0.25) is 9.36 Å². The van der Waals surface area contributed by atoms with Crippen molar-refractivity contribution < 1.29 is 18.7 Å². The van der Waals surface area contributed by atoms with E-state index in [2.05, 4.69) is 10.2 Å². The summed E-state index contributed by atoms with van der Waals surface area (Å²) in [5.41, 5.74) is 1.21. The first-order chi connectivity index (χ1) is 15.0. The van der Waals surface area contributed by atoms with Gasteiger partial charge in [0.05, 0.1) is 0 Å². The number of nitrogens with zero attached hydrogens (tertiary/aromatic N) is 3. The first-order valence-corrected chi connectivity index (χ1v) is 9.88. The van der Waals surface area contributed by atoms with Crippen LogP contribution in [0.5, 0.6) is 0 Å². The van der Waals surface area contributed by atoms with E-state index >= 15 is 0 Å². The Labute approximate surface area is 180 Å². The number of hydrogen-bond acceptors (Lipinski definition) is 6. The number of nitriles is 1. The lowest BCUT2D eigenvalue weighted by Gasteiger charge is -2.19. The number of carbonyl (C=O) groups excluding carboxylic acids is 2.